The van der Waals surface area contributed by atoms with E-state index in [1.807, 2.05) is 0 Å². The summed E-state index contributed by atoms with van der Waals surface area (Å²) in [4.78, 5) is 35.9. The van der Waals surface area contributed by atoms with Gasteiger partial charge in [-0.1, -0.05) is 0 Å². The Kier molecular flexibility index (Phi) is 4.91. The van der Waals surface area contributed by atoms with Crippen molar-refractivity contribution in [3.8, 4) is 5.75 Å². The minimum absolute atomic E-state index is 0.0477. The van der Waals surface area contributed by atoms with Crippen LogP contribution in [-0.4, -0.2) is 34.7 Å². The summed E-state index contributed by atoms with van der Waals surface area (Å²) in [6.45, 7) is 3.43. The summed E-state index contributed by atoms with van der Waals surface area (Å²) in [5, 5.41) is 14.2. The molecule has 0 saturated heterocycles. The molecular weight excluding hydrogens is 386 g/mol. The SMILES string of the molecule is CC(C)(Oc1ccc(NC(=O)O)cc1)C(=O)NC1C2CC3CC1CC(C(N)=O)(C3)C2. The van der Waals surface area contributed by atoms with Crippen LogP contribution in [0.25, 0.3) is 0 Å². The zero-order chi connectivity index (χ0) is 21.7. The molecule has 0 aliphatic heterocycles. The molecule has 0 radical (unpaired) electrons. The Bertz CT molecular complexity index is 850. The third kappa shape index (κ3) is 3.70. The lowest BCUT2D eigenvalue weighted by Gasteiger charge is -2.59. The second kappa shape index (κ2) is 7.18. The number of anilines is 1. The minimum atomic E-state index is -1.14. The van der Waals surface area contributed by atoms with Crippen molar-refractivity contribution in [2.24, 2.45) is 28.9 Å². The van der Waals surface area contributed by atoms with Crippen LogP contribution in [0.5, 0.6) is 5.75 Å². The van der Waals surface area contributed by atoms with Gasteiger partial charge in [-0.25, -0.2) is 4.79 Å². The maximum absolute atomic E-state index is 13.1. The second-order valence-electron chi connectivity index (χ2n) is 9.68. The average molecular weight is 415 g/mol. The van der Waals surface area contributed by atoms with Gasteiger partial charge in [0, 0.05) is 17.1 Å². The van der Waals surface area contributed by atoms with E-state index in [2.05, 4.69) is 10.6 Å². The van der Waals surface area contributed by atoms with Gasteiger partial charge in [0.2, 0.25) is 5.91 Å². The summed E-state index contributed by atoms with van der Waals surface area (Å²) >= 11 is 0. The molecule has 8 heteroatoms. The summed E-state index contributed by atoms with van der Waals surface area (Å²) in [6, 6.07) is 6.46. The highest BCUT2D eigenvalue weighted by molar-refractivity contribution is 5.86. The van der Waals surface area contributed by atoms with E-state index in [0.717, 1.165) is 32.1 Å². The lowest BCUT2D eigenvalue weighted by molar-refractivity contribution is -0.150. The van der Waals surface area contributed by atoms with Crippen molar-refractivity contribution in [2.75, 3.05) is 5.32 Å². The Balaban J connectivity index is 1.41. The summed E-state index contributed by atoms with van der Waals surface area (Å²) in [5.74, 6) is 1.20. The van der Waals surface area contributed by atoms with Crippen LogP contribution in [0.1, 0.15) is 46.0 Å². The van der Waals surface area contributed by atoms with Crippen LogP contribution in [0.2, 0.25) is 0 Å². The van der Waals surface area contributed by atoms with E-state index in [1.165, 1.54) is 0 Å². The van der Waals surface area contributed by atoms with Gasteiger partial charge >= 0.3 is 6.09 Å². The molecule has 4 bridgehead atoms. The van der Waals surface area contributed by atoms with Crippen molar-refractivity contribution in [1.82, 2.24) is 5.32 Å². The van der Waals surface area contributed by atoms with Crippen molar-refractivity contribution in [2.45, 2.75) is 57.6 Å². The molecule has 162 valence electrons. The fourth-order valence-electron chi connectivity index (χ4n) is 5.96. The number of hydrogen-bond donors (Lipinski definition) is 4. The predicted molar refractivity (Wildman–Crippen MR) is 110 cm³/mol. The van der Waals surface area contributed by atoms with Gasteiger partial charge in [0.1, 0.15) is 5.75 Å². The number of benzene rings is 1. The molecule has 8 nitrogen and oxygen atoms in total. The molecule has 4 aliphatic rings. The molecule has 5 N–H and O–H groups in total. The van der Waals surface area contributed by atoms with Gasteiger partial charge in [0.05, 0.1) is 0 Å². The smallest absolute Gasteiger partial charge is 0.409 e. The summed E-state index contributed by atoms with van der Waals surface area (Å²) in [7, 11) is 0. The Morgan fingerprint density at radius 3 is 2.23 bits per heavy atom. The third-order valence-corrected chi connectivity index (χ3v) is 7.12. The number of carbonyl (C=O) groups excluding carboxylic acids is 2. The molecular formula is C22H29N3O5. The van der Waals surface area contributed by atoms with Crippen molar-refractivity contribution < 1.29 is 24.2 Å². The van der Waals surface area contributed by atoms with E-state index in [1.54, 1.807) is 38.1 Å². The predicted octanol–water partition coefficient (Wildman–Crippen LogP) is 2.73. The van der Waals surface area contributed by atoms with Crippen LogP contribution in [0, 0.1) is 23.2 Å². The van der Waals surface area contributed by atoms with E-state index in [4.69, 9.17) is 15.6 Å². The first kappa shape index (κ1) is 20.5. The summed E-state index contributed by atoms with van der Waals surface area (Å²) < 4.78 is 5.91. The highest BCUT2D eigenvalue weighted by Gasteiger charge is 2.58. The first-order chi connectivity index (χ1) is 14.1. The van der Waals surface area contributed by atoms with Crippen LogP contribution in [0.4, 0.5) is 10.5 Å². The molecule has 3 amide bonds. The first-order valence-corrected chi connectivity index (χ1v) is 10.5. The number of carboxylic acid groups (broad SMARTS) is 1. The molecule has 4 fully saturated rings. The molecule has 5 rings (SSSR count). The van der Waals surface area contributed by atoms with Gasteiger partial charge in [-0.05, 0) is 88.0 Å². The quantitative estimate of drug-likeness (QED) is 0.567. The zero-order valence-corrected chi connectivity index (χ0v) is 17.3. The number of hydrogen-bond acceptors (Lipinski definition) is 4. The summed E-state index contributed by atoms with van der Waals surface area (Å²) in [6.07, 6.45) is 3.36. The van der Waals surface area contributed by atoms with E-state index >= 15 is 0 Å². The van der Waals surface area contributed by atoms with Gasteiger partial charge < -0.3 is 20.9 Å². The van der Waals surface area contributed by atoms with Gasteiger partial charge in [0.15, 0.2) is 5.60 Å². The fraction of sp³-hybridized carbons (Fsp3) is 0.591. The van der Waals surface area contributed by atoms with E-state index in [9.17, 15) is 14.4 Å². The fourth-order valence-corrected chi connectivity index (χ4v) is 5.96. The Morgan fingerprint density at radius 2 is 1.70 bits per heavy atom. The Labute approximate surface area is 175 Å². The van der Waals surface area contributed by atoms with E-state index in [0.29, 0.717) is 17.4 Å². The van der Waals surface area contributed by atoms with Crippen LogP contribution in [-0.2, 0) is 9.59 Å². The zero-order valence-electron chi connectivity index (χ0n) is 17.3. The lowest BCUT2D eigenvalue weighted by Crippen LogP contribution is -2.63. The highest BCUT2D eigenvalue weighted by Crippen LogP contribution is 2.59. The highest BCUT2D eigenvalue weighted by atomic mass is 16.5. The maximum Gasteiger partial charge on any atom is 0.409 e. The first-order valence-electron chi connectivity index (χ1n) is 10.5. The molecule has 4 saturated carbocycles. The second-order valence-corrected chi connectivity index (χ2v) is 9.68. The van der Waals surface area contributed by atoms with Crippen molar-refractivity contribution in [1.29, 1.82) is 0 Å². The van der Waals surface area contributed by atoms with Crippen molar-refractivity contribution in [3.05, 3.63) is 24.3 Å². The number of nitrogens with one attached hydrogen (secondary N) is 2. The average Bonchev–Trinajstić information content (AvgIpc) is 2.65. The standard InChI is InChI=1S/C22H29N3O5/c1-21(2,30-16-5-3-15(4-6-16)24-20(28)29)19(27)25-17-13-7-12-8-14(17)11-22(9-12,10-13)18(23)26/h3-6,12-14,17,24H,7-11H2,1-2H3,(H2,23,26)(H,25,27)(H,28,29). The van der Waals surface area contributed by atoms with Crippen molar-refractivity contribution >= 4 is 23.6 Å². The van der Waals surface area contributed by atoms with Crippen LogP contribution >= 0.6 is 0 Å². The maximum atomic E-state index is 13.1. The number of nitrogens with two attached hydrogens (primary N) is 1. The van der Waals surface area contributed by atoms with Crippen LogP contribution in [0.3, 0.4) is 0 Å². The monoisotopic (exact) mass is 415 g/mol. The molecule has 2 atom stereocenters. The Hall–Kier alpha value is -2.77. The van der Waals surface area contributed by atoms with Gasteiger partial charge in [-0.15, -0.1) is 0 Å². The molecule has 1 aromatic rings. The van der Waals surface area contributed by atoms with Gasteiger partial charge in [-0.2, -0.15) is 0 Å². The number of carbonyl (C=O) groups is 3. The summed E-state index contributed by atoms with van der Waals surface area (Å²) in [5.41, 5.74) is 4.69. The van der Waals surface area contributed by atoms with Gasteiger partial charge in [0.25, 0.3) is 5.91 Å². The van der Waals surface area contributed by atoms with E-state index < -0.39 is 11.7 Å². The number of primary amides is 1. The van der Waals surface area contributed by atoms with Crippen LogP contribution < -0.4 is 21.1 Å². The number of amides is 3. The number of ether oxygens (including phenoxy) is 1. The van der Waals surface area contributed by atoms with E-state index in [-0.39, 0.29) is 35.1 Å². The van der Waals surface area contributed by atoms with Crippen LogP contribution in [0.15, 0.2) is 24.3 Å². The molecule has 0 spiro atoms. The Morgan fingerprint density at radius 1 is 1.10 bits per heavy atom. The number of rotatable bonds is 6. The largest absolute Gasteiger partial charge is 0.478 e. The molecule has 30 heavy (non-hydrogen) atoms. The molecule has 0 heterocycles. The molecule has 1 aromatic carbocycles. The van der Waals surface area contributed by atoms with Gasteiger partial charge in [-0.3, -0.25) is 14.9 Å². The molecule has 0 aromatic heterocycles. The topological polar surface area (TPSA) is 131 Å². The molecule has 4 aliphatic carbocycles. The molecule has 2 unspecified atom stereocenters. The lowest BCUT2D eigenvalue weighted by atomic mass is 9.47. The third-order valence-electron chi connectivity index (χ3n) is 7.12. The minimum Gasteiger partial charge on any atom is -0.478 e. The normalized spacial score (nSPS) is 31.8. The van der Waals surface area contributed by atoms with Crippen molar-refractivity contribution in [3.63, 3.8) is 0 Å².